The number of anilines is 2. The van der Waals surface area contributed by atoms with E-state index in [1.165, 1.54) is 0 Å². The Kier molecular flexibility index (Phi) is 9.26. The van der Waals surface area contributed by atoms with E-state index >= 15 is 0 Å². The Hall–Kier alpha value is -2.88. The van der Waals surface area contributed by atoms with E-state index in [0.717, 1.165) is 22.5 Å². The summed E-state index contributed by atoms with van der Waals surface area (Å²) < 4.78 is -0.831. The number of para-hydroxylation sites is 2. The molecule has 1 N–H and O–H groups in total. The monoisotopic (exact) mass is 665 g/mol. The summed E-state index contributed by atoms with van der Waals surface area (Å²) in [4.78, 5) is 49.1. The molecule has 0 saturated carbocycles. The average molecular weight is 667 g/mol. The summed E-state index contributed by atoms with van der Waals surface area (Å²) in [7, 11) is 0. The summed E-state index contributed by atoms with van der Waals surface area (Å²) in [5.41, 5.74) is 3.45. The quantitative estimate of drug-likeness (QED) is 0.261. The molecule has 2 bridgehead atoms. The van der Waals surface area contributed by atoms with Crippen LogP contribution in [0.1, 0.15) is 30.9 Å². The molecule has 9 heteroatoms. The normalized spacial score (nSPS) is 28.0. The molecule has 2 aromatic carbocycles. The van der Waals surface area contributed by atoms with E-state index in [2.05, 4.69) is 29.1 Å². The highest BCUT2D eigenvalue weighted by atomic mass is 79.9. The molecule has 1 spiro atoms. The van der Waals surface area contributed by atoms with Gasteiger partial charge < -0.3 is 19.8 Å². The number of nitrogens with zero attached hydrogens (tertiary/aromatic N) is 3. The molecule has 3 unspecified atom stereocenters. The number of aliphatic hydroxyl groups excluding tert-OH is 1. The number of hydrogen-bond acceptors (Lipinski definition) is 5. The molecule has 2 aromatic rings. The largest absolute Gasteiger partial charge is 0.394 e. The van der Waals surface area contributed by atoms with Crippen LogP contribution in [0, 0.1) is 25.7 Å². The number of carbonyl (C=O) groups excluding carboxylic acids is 3. The van der Waals surface area contributed by atoms with E-state index in [4.69, 9.17) is 0 Å². The van der Waals surface area contributed by atoms with Crippen LogP contribution in [0.3, 0.4) is 0 Å². The minimum absolute atomic E-state index is 0.0608. The van der Waals surface area contributed by atoms with Gasteiger partial charge in [0.25, 0.3) is 5.91 Å². The van der Waals surface area contributed by atoms with E-state index < -0.39 is 28.7 Å². The van der Waals surface area contributed by atoms with Gasteiger partial charge >= 0.3 is 0 Å². The van der Waals surface area contributed by atoms with Gasteiger partial charge in [-0.3, -0.25) is 14.4 Å². The number of likely N-dealkylation sites (tertiary alicyclic amines) is 1. The van der Waals surface area contributed by atoms with Crippen molar-refractivity contribution >= 4 is 56.8 Å². The first-order chi connectivity index (χ1) is 20.7. The van der Waals surface area contributed by atoms with Crippen molar-refractivity contribution in [1.29, 1.82) is 0 Å². The van der Waals surface area contributed by atoms with E-state index in [1.807, 2.05) is 69.3 Å². The molecule has 3 amide bonds. The summed E-state index contributed by atoms with van der Waals surface area (Å²) in [6, 6.07) is 14.0. The van der Waals surface area contributed by atoms with Crippen LogP contribution in [-0.4, -0.2) is 74.3 Å². The van der Waals surface area contributed by atoms with Gasteiger partial charge in [0.15, 0.2) is 0 Å². The molecule has 3 aliphatic rings. The second-order valence-corrected chi connectivity index (χ2v) is 14.4. The first kappa shape index (κ1) is 31.5. The van der Waals surface area contributed by atoms with Crippen molar-refractivity contribution in [3.05, 3.63) is 85.0 Å². The van der Waals surface area contributed by atoms with Gasteiger partial charge in [0.2, 0.25) is 11.8 Å². The summed E-state index contributed by atoms with van der Waals surface area (Å²) in [6.07, 6.45) is 4.45. The van der Waals surface area contributed by atoms with E-state index in [0.29, 0.717) is 19.4 Å². The molecular weight excluding hydrogens is 626 g/mol. The van der Waals surface area contributed by atoms with Gasteiger partial charge in [-0.2, -0.15) is 0 Å². The van der Waals surface area contributed by atoms with Gasteiger partial charge in [0, 0.05) is 34.5 Å². The molecule has 0 aliphatic carbocycles. The maximum absolute atomic E-state index is 15.0. The summed E-state index contributed by atoms with van der Waals surface area (Å²) in [5.74, 6) is -1.90. The first-order valence-electron chi connectivity index (χ1n) is 14.9. The van der Waals surface area contributed by atoms with Gasteiger partial charge in [-0.05, 0) is 49.9 Å². The lowest BCUT2D eigenvalue weighted by molar-refractivity contribution is -0.141. The molecule has 228 valence electrons. The fourth-order valence-corrected chi connectivity index (χ4v) is 11.1. The number of aliphatic hydroxyl groups is 1. The number of aryl methyl sites for hydroxylation is 2. The zero-order chi connectivity index (χ0) is 31.1. The zero-order valence-corrected chi connectivity index (χ0v) is 27.4. The van der Waals surface area contributed by atoms with Gasteiger partial charge in [0.1, 0.15) is 6.04 Å². The number of halogens is 1. The lowest BCUT2D eigenvalue weighted by Crippen LogP contribution is -2.58. The second kappa shape index (κ2) is 12.6. The highest BCUT2D eigenvalue weighted by molar-refractivity contribution is 9.09. The number of alkyl halides is 1. The number of fused-ring (bicyclic) bond motifs is 1. The third kappa shape index (κ3) is 5.07. The molecule has 7 atom stereocenters. The molecule has 3 aliphatic heterocycles. The maximum Gasteiger partial charge on any atom is 0.251 e. The standard InChI is InChI=1S/C34H40BrN3O4S/c1-6-17-36(24-15-10-9-11-16-24)31(40)26-27-32(41)38(23(8-3)20-39)30(34(27)19-25(35)29(26)43-34)33(42)37(18-7-2)28-21(4)13-12-14-22(28)5/h6-7,9-16,23,25-27,29-30,39H,1-2,8,17-20H2,3-5H3/t23-,25?,26-,27-,29-,30?,34?/m0/s1. The fourth-order valence-electron chi connectivity index (χ4n) is 7.48. The minimum Gasteiger partial charge on any atom is -0.394 e. The van der Waals surface area contributed by atoms with Crippen LogP contribution >= 0.6 is 27.7 Å². The Balaban J connectivity index is 1.64. The van der Waals surface area contributed by atoms with Crippen LogP contribution in [0.5, 0.6) is 0 Å². The molecule has 7 nitrogen and oxygen atoms in total. The highest BCUT2D eigenvalue weighted by Crippen LogP contribution is 2.68. The number of thioether (sulfide) groups is 1. The third-order valence-corrected chi connectivity index (χ3v) is 12.5. The van der Waals surface area contributed by atoms with Crippen LogP contribution in [0.15, 0.2) is 73.8 Å². The molecule has 3 heterocycles. The van der Waals surface area contributed by atoms with Crippen LogP contribution in [0.2, 0.25) is 0 Å². The van der Waals surface area contributed by atoms with Crippen molar-refractivity contribution in [2.45, 2.75) is 60.5 Å². The summed E-state index contributed by atoms with van der Waals surface area (Å²) in [5, 5.41) is 10.3. The van der Waals surface area contributed by atoms with Gasteiger partial charge in [-0.1, -0.05) is 71.4 Å². The smallest absolute Gasteiger partial charge is 0.251 e. The van der Waals surface area contributed by atoms with E-state index in [-0.39, 0.29) is 41.0 Å². The van der Waals surface area contributed by atoms with Crippen LogP contribution in [0.25, 0.3) is 0 Å². The molecule has 3 saturated heterocycles. The lowest BCUT2D eigenvalue weighted by atomic mass is 9.70. The van der Waals surface area contributed by atoms with Crippen molar-refractivity contribution in [1.82, 2.24) is 4.90 Å². The predicted molar refractivity (Wildman–Crippen MR) is 178 cm³/mol. The van der Waals surface area contributed by atoms with Crippen molar-refractivity contribution in [2.75, 3.05) is 29.5 Å². The number of rotatable bonds is 11. The molecule has 5 rings (SSSR count). The van der Waals surface area contributed by atoms with Crippen molar-refractivity contribution in [2.24, 2.45) is 11.8 Å². The van der Waals surface area contributed by atoms with Crippen LogP contribution in [0.4, 0.5) is 11.4 Å². The Morgan fingerprint density at radius 1 is 1.07 bits per heavy atom. The minimum atomic E-state index is -0.849. The van der Waals surface area contributed by atoms with Gasteiger partial charge in [0.05, 0.1) is 29.2 Å². The topological polar surface area (TPSA) is 81.2 Å². The zero-order valence-electron chi connectivity index (χ0n) is 25.0. The van der Waals surface area contributed by atoms with Gasteiger partial charge in [-0.25, -0.2) is 0 Å². The maximum atomic E-state index is 15.0. The van der Waals surface area contributed by atoms with E-state index in [1.54, 1.807) is 38.6 Å². The van der Waals surface area contributed by atoms with Crippen LogP contribution in [-0.2, 0) is 14.4 Å². The third-order valence-electron chi connectivity index (χ3n) is 9.25. The van der Waals surface area contributed by atoms with Crippen molar-refractivity contribution in [3.8, 4) is 0 Å². The average Bonchev–Trinajstić information content (AvgIpc) is 3.59. The van der Waals surface area contributed by atoms with Crippen molar-refractivity contribution < 1.29 is 19.5 Å². The number of amides is 3. The molecule has 3 fully saturated rings. The molecule has 0 aromatic heterocycles. The number of carbonyl (C=O) groups is 3. The predicted octanol–water partition coefficient (Wildman–Crippen LogP) is 5.28. The molecular formula is C34H40BrN3O4S. The van der Waals surface area contributed by atoms with Crippen molar-refractivity contribution in [3.63, 3.8) is 0 Å². The Morgan fingerprint density at radius 2 is 1.70 bits per heavy atom. The molecule has 43 heavy (non-hydrogen) atoms. The summed E-state index contributed by atoms with van der Waals surface area (Å²) in [6.45, 7) is 14.0. The Bertz CT molecular complexity index is 1400. The SMILES string of the molecule is C=CCN(C(=O)[C@H]1[C@H]2C(=O)N([C@@H](CC)CO)C(C(=O)N(CC=C)c3c(C)cccc3C)C23CC(Br)[C@@H]1S3)c1ccccc1. The Morgan fingerprint density at radius 3 is 2.28 bits per heavy atom. The first-order valence-corrected chi connectivity index (χ1v) is 16.7. The lowest BCUT2D eigenvalue weighted by Gasteiger charge is -2.40. The fraction of sp³-hybridized carbons (Fsp3) is 0.441. The molecule has 0 radical (unpaired) electrons. The van der Waals surface area contributed by atoms with Crippen LogP contribution < -0.4 is 9.80 Å². The Labute approximate surface area is 267 Å². The van der Waals surface area contributed by atoms with E-state index in [9.17, 15) is 19.5 Å². The number of benzene rings is 2. The number of hydrogen-bond donors (Lipinski definition) is 1. The summed E-state index contributed by atoms with van der Waals surface area (Å²) >= 11 is 5.48. The van der Waals surface area contributed by atoms with Gasteiger partial charge in [-0.15, -0.1) is 24.9 Å². The second-order valence-electron chi connectivity index (χ2n) is 11.7. The highest BCUT2D eigenvalue weighted by Gasteiger charge is 2.76.